The standard InChI is InChI=1S/C15H30N4/c1-7-10-16-14(15(2,3)18(4)5)9-8-13-11-17-19(6)12-13/h11-12,14,16H,7-10H2,1-6H3. The predicted molar refractivity (Wildman–Crippen MR) is 81.4 cm³/mol. The van der Waals surface area contributed by atoms with Crippen molar-refractivity contribution in [3.05, 3.63) is 18.0 Å². The fourth-order valence-corrected chi connectivity index (χ4v) is 2.25. The topological polar surface area (TPSA) is 33.1 Å². The van der Waals surface area contributed by atoms with E-state index in [1.165, 1.54) is 12.0 Å². The number of likely N-dealkylation sites (N-methyl/N-ethyl adjacent to an activating group) is 1. The molecule has 0 radical (unpaired) electrons. The van der Waals surface area contributed by atoms with Crippen molar-refractivity contribution in [1.82, 2.24) is 20.0 Å². The van der Waals surface area contributed by atoms with Crippen molar-refractivity contribution in [2.75, 3.05) is 20.6 Å². The number of aryl methyl sites for hydroxylation is 2. The Morgan fingerprint density at radius 2 is 2.11 bits per heavy atom. The fourth-order valence-electron chi connectivity index (χ4n) is 2.25. The van der Waals surface area contributed by atoms with Crippen molar-refractivity contribution >= 4 is 0 Å². The zero-order valence-corrected chi connectivity index (χ0v) is 13.4. The molecule has 0 saturated carbocycles. The molecule has 0 amide bonds. The maximum absolute atomic E-state index is 4.24. The lowest BCUT2D eigenvalue weighted by Gasteiger charge is -2.41. The van der Waals surface area contributed by atoms with Crippen molar-refractivity contribution in [1.29, 1.82) is 0 Å². The second kappa shape index (κ2) is 7.06. The molecule has 1 aromatic rings. The Bertz CT molecular complexity index is 368. The summed E-state index contributed by atoms with van der Waals surface area (Å²) in [5.41, 5.74) is 1.47. The molecule has 1 aromatic heterocycles. The molecule has 1 heterocycles. The van der Waals surface area contributed by atoms with E-state index in [1.807, 2.05) is 17.9 Å². The molecule has 0 aliphatic heterocycles. The van der Waals surface area contributed by atoms with Gasteiger partial charge < -0.3 is 10.2 Å². The van der Waals surface area contributed by atoms with E-state index in [0.717, 1.165) is 19.4 Å². The Hall–Kier alpha value is -0.870. The molecule has 110 valence electrons. The van der Waals surface area contributed by atoms with Crippen LogP contribution in [-0.4, -0.2) is 46.9 Å². The summed E-state index contributed by atoms with van der Waals surface area (Å²) in [5, 5.41) is 7.94. The third kappa shape index (κ3) is 4.62. The van der Waals surface area contributed by atoms with Crippen LogP contribution in [0.25, 0.3) is 0 Å². The maximum Gasteiger partial charge on any atom is 0.0521 e. The molecule has 0 spiro atoms. The summed E-state index contributed by atoms with van der Waals surface area (Å²) in [6.07, 6.45) is 7.47. The molecule has 1 N–H and O–H groups in total. The maximum atomic E-state index is 4.24. The van der Waals surface area contributed by atoms with Gasteiger partial charge in [0.25, 0.3) is 0 Å². The zero-order valence-electron chi connectivity index (χ0n) is 13.4. The Balaban J connectivity index is 2.63. The van der Waals surface area contributed by atoms with E-state index in [-0.39, 0.29) is 5.54 Å². The van der Waals surface area contributed by atoms with Crippen LogP contribution in [0.1, 0.15) is 39.2 Å². The van der Waals surface area contributed by atoms with Gasteiger partial charge in [0, 0.05) is 24.8 Å². The summed E-state index contributed by atoms with van der Waals surface area (Å²) in [6, 6.07) is 0.489. The second-order valence-electron chi connectivity index (χ2n) is 6.12. The number of hydrogen-bond donors (Lipinski definition) is 1. The molecule has 0 saturated heterocycles. The quantitative estimate of drug-likeness (QED) is 0.782. The Morgan fingerprint density at radius 1 is 1.42 bits per heavy atom. The van der Waals surface area contributed by atoms with E-state index in [1.54, 1.807) is 0 Å². The third-order valence-corrected chi connectivity index (χ3v) is 4.13. The van der Waals surface area contributed by atoms with Gasteiger partial charge in [-0.25, -0.2) is 0 Å². The summed E-state index contributed by atoms with van der Waals surface area (Å²) in [4.78, 5) is 2.31. The monoisotopic (exact) mass is 266 g/mol. The first kappa shape index (κ1) is 16.2. The smallest absolute Gasteiger partial charge is 0.0521 e. The molecular formula is C15H30N4. The van der Waals surface area contributed by atoms with Crippen molar-refractivity contribution < 1.29 is 0 Å². The molecule has 0 aliphatic rings. The second-order valence-corrected chi connectivity index (χ2v) is 6.12. The van der Waals surface area contributed by atoms with Gasteiger partial charge in [-0.2, -0.15) is 5.10 Å². The van der Waals surface area contributed by atoms with E-state index in [2.05, 4.69) is 56.4 Å². The van der Waals surface area contributed by atoms with Crippen LogP contribution < -0.4 is 5.32 Å². The lowest BCUT2D eigenvalue weighted by molar-refractivity contribution is 0.132. The average molecular weight is 266 g/mol. The molecule has 19 heavy (non-hydrogen) atoms. The van der Waals surface area contributed by atoms with Gasteiger partial charge in [-0.3, -0.25) is 4.68 Å². The van der Waals surface area contributed by atoms with Crippen molar-refractivity contribution in [3.63, 3.8) is 0 Å². The highest BCUT2D eigenvalue weighted by atomic mass is 15.2. The van der Waals surface area contributed by atoms with Gasteiger partial charge in [0.15, 0.2) is 0 Å². The van der Waals surface area contributed by atoms with Crippen molar-refractivity contribution in [3.8, 4) is 0 Å². The highest BCUT2D eigenvalue weighted by molar-refractivity contribution is 5.05. The summed E-state index contributed by atoms with van der Waals surface area (Å²) in [6.45, 7) is 7.91. The molecular weight excluding hydrogens is 236 g/mol. The molecule has 1 rings (SSSR count). The van der Waals surface area contributed by atoms with E-state index < -0.39 is 0 Å². The Kier molecular flexibility index (Phi) is 6.01. The van der Waals surface area contributed by atoms with Gasteiger partial charge in [0.1, 0.15) is 0 Å². The molecule has 0 fully saturated rings. The minimum atomic E-state index is 0.150. The lowest BCUT2D eigenvalue weighted by atomic mass is 9.88. The number of nitrogens with one attached hydrogen (secondary N) is 1. The van der Waals surface area contributed by atoms with Gasteiger partial charge in [-0.05, 0) is 59.3 Å². The van der Waals surface area contributed by atoms with E-state index >= 15 is 0 Å². The average Bonchev–Trinajstić information content (AvgIpc) is 2.74. The largest absolute Gasteiger partial charge is 0.312 e. The highest BCUT2D eigenvalue weighted by Gasteiger charge is 2.30. The van der Waals surface area contributed by atoms with Gasteiger partial charge in [0.05, 0.1) is 6.20 Å². The van der Waals surface area contributed by atoms with Crippen molar-refractivity contribution in [2.45, 2.75) is 51.6 Å². The van der Waals surface area contributed by atoms with E-state index in [0.29, 0.717) is 6.04 Å². The predicted octanol–water partition coefficient (Wildman–Crippen LogP) is 2.06. The molecule has 0 bridgehead atoms. The van der Waals surface area contributed by atoms with Gasteiger partial charge in [0.2, 0.25) is 0 Å². The number of aromatic nitrogens is 2. The van der Waals surface area contributed by atoms with Crippen LogP contribution in [0.4, 0.5) is 0 Å². The van der Waals surface area contributed by atoms with Gasteiger partial charge in [-0.15, -0.1) is 0 Å². The molecule has 1 atom stereocenters. The molecule has 0 aromatic carbocycles. The normalized spacial score (nSPS) is 14.1. The van der Waals surface area contributed by atoms with Crippen LogP contribution in [0.15, 0.2) is 12.4 Å². The first-order valence-corrected chi connectivity index (χ1v) is 7.26. The summed E-state index contributed by atoms with van der Waals surface area (Å²) < 4.78 is 1.88. The molecule has 1 unspecified atom stereocenters. The SMILES string of the molecule is CCCNC(CCc1cnn(C)c1)C(C)(C)N(C)C. The minimum absolute atomic E-state index is 0.150. The summed E-state index contributed by atoms with van der Waals surface area (Å²) in [5.74, 6) is 0. The lowest BCUT2D eigenvalue weighted by Crippen LogP contribution is -2.55. The molecule has 4 nitrogen and oxygen atoms in total. The number of nitrogens with zero attached hydrogens (tertiary/aromatic N) is 3. The van der Waals surface area contributed by atoms with Gasteiger partial charge in [-0.1, -0.05) is 6.92 Å². The number of hydrogen-bond acceptors (Lipinski definition) is 3. The van der Waals surface area contributed by atoms with Gasteiger partial charge >= 0.3 is 0 Å². The summed E-state index contributed by atoms with van der Waals surface area (Å²) in [7, 11) is 6.29. The van der Waals surface area contributed by atoms with Crippen molar-refractivity contribution in [2.24, 2.45) is 7.05 Å². The van der Waals surface area contributed by atoms with Crippen LogP contribution in [0.2, 0.25) is 0 Å². The van der Waals surface area contributed by atoms with E-state index in [4.69, 9.17) is 0 Å². The first-order chi connectivity index (χ1) is 8.87. The molecule has 4 heteroatoms. The molecule has 0 aliphatic carbocycles. The van der Waals surface area contributed by atoms with Crippen LogP contribution in [0, 0.1) is 0 Å². The minimum Gasteiger partial charge on any atom is -0.312 e. The van der Waals surface area contributed by atoms with Crippen LogP contribution >= 0.6 is 0 Å². The van der Waals surface area contributed by atoms with Crippen LogP contribution in [0.5, 0.6) is 0 Å². The Morgan fingerprint density at radius 3 is 2.58 bits per heavy atom. The van der Waals surface area contributed by atoms with Crippen LogP contribution in [0.3, 0.4) is 0 Å². The fraction of sp³-hybridized carbons (Fsp3) is 0.800. The zero-order chi connectivity index (χ0) is 14.5. The van der Waals surface area contributed by atoms with E-state index in [9.17, 15) is 0 Å². The third-order valence-electron chi connectivity index (χ3n) is 4.13. The highest BCUT2D eigenvalue weighted by Crippen LogP contribution is 2.20. The first-order valence-electron chi connectivity index (χ1n) is 7.26. The Labute approximate surface area is 118 Å². The van der Waals surface area contributed by atoms with Crippen LogP contribution in [-0.2, 0) is 13.5 Å². The summed E-state index contributed by atoms with van der Waals surface area (Å²) >= 11 is 0. The number of rotatable bonds is 8.